The van der Waals surface area contributed by atoms with E-state index < -0.39 is 0 Å². The van der Waals surface area contributed by atoms with Crippen molar-refractivity contribution in [3.8, 4) is 5.40 Å². The normalized spacial score (nSPS) is 19.9. The number of rotatable bonds is 5. The summed E-state index contributed by atoms with van der Waals surface area (Å²) in [6.45, 7) is 0.555. The zero-order valence-electron chi connectivity index (χ0n) is 9.70. The molecule has 0 aromatic heterocycles. The Balaban J connectivity index is 2.22. The van der Waals surface area contributed by atoms with Gasteiger partial charge in [0.25, 0.3) is 0 Å². The Hall–Kier alpha value is -1.22. The molecule has 1 fully saturated rings. The lowest BCUT2D eigenvalue weighted by Crippen LogP contribution is -2.45. The number of nitrogens with one attached hydrogen (secondary N) is 2. The Morgan fingerprint density at radius 3 is 3.18 bits per heavy atom. The lowest BCUT2D eigenvalue weighted by Gasteiger charge is -2.15. The van der Waals surface area contributed by atoms with Crippen LogP contribution >= 0.6 is 11.8 Å². The first kappa shape index (κ1) is 13.8. The van der Waals surface area contributed by atoms with E-state index in [9.17, 15) is 9.59 Å². The molecule has 2 amide bonds. The molecule has 0 saturated carbocycles. The van der Waals surface area contributed by atoms with Crippen LogP contribution in [0.2, 0.25) is 0 Å². The van der Waals surface area contributed by atoms with Crippen LogP contribution in [-0.2, 0) is 9.59 Å². The molecule has 0 bridgehead atoms. The van der Waals surface area contributed by atoms with E-state index in [1.165, 1.54) is 11.8 Å². The summed E-state index contributed by atoms with van der Waals surface area (Å²) in [4.78, 5) is 23.0. The average molecular weight is 255 g/mol. The van der Waals surface area contributed by atoms with Crippen LogP contribution in [0.25, 0.3) is 0 Å². The fraction of sp³-hybridized carbons (Fsp3) is 0.727. The Bertz CT molecular complexity index is 314. The highest BCUT2D eigenvalue weighted by Crippen LogP contribution is 2.09. The molecule has 1 unspecified atom stereocenters. The number of thioether (sulfide) groups is 1. The van der Waals surface area contributed by atoms with Crippen molar-refractivity contribution < 1.29 is 9.59 Å². The van der Waals surface area contributed by atoms with Crippen molar-refractivity contribution in [3.63, 3.8) is 0 Å². The van der Waals surface area contributed by atoms with Crippen LogP contribution in [0.15, 0.2) is 0 Å². The summed E-state index contributed by atoms with van der Waals surface area (Å²) in [6.07, 6.45) is 3.76. The standard InChI is InChI=1S/C11H17N3O2S/c12-8-17-7-3-6-13-11(16)9-4-1-2-5-10(15)14-9/h9H,1-7H2,(H,13,16)(H,14,15). The van der Waals surface area contributed by atoms with Crippen molar-refractivity contribution in [2.45, 2.75) is 38.1 Å². The summed E-state index contributed by atoms with van der Waals surface area (Å²) < 4.78 is 0. The second kappa shape index (κ2) is 7.96. The summed E-state index contributed by atoms with van der Waals surface area (Å²) in [7, 11) is 0. The quantitative estimate of drug-likeness (QED) is 0.561. The fourth-order valence-corrected chi connectivity index (χ4v) is 2.07. The van der Waals surface area contributed by atoms with Gasteiger partial charge in [-0.05, 0) is 31.0 Å². The lowest BCUT2D eigenvalue weighted by molar-refractivity contribution is -0.128. The maximum Gasteiger partial charge on any atom is 0.242 e. The molecule has 1 heterocycles. The van der Waals surface area contributed by atoms with Gasteiger partial charge in [0.1, 0.15) is 11.4 Å². The highest BCUT2D eigenvalue weighted by atomic mass is 32.2. The van der Waals surface area contributed by atoms with Crippen molar-refractivity contribution in [2.75, 3.05) is 12.3 Å². The molecular formula is C11H17N3O2S. The molecule has 94 valence electrons. The third-order valence-corrected chi connectivity index (χ3v) is 3.21. The molecule has 17 heavy (non-hydrogen) atoms. The monoisotopic (exact) mass is 255 g/mol. The van der Waals surface area contributed by atoms with Gasteiger partial charge in [0.05, 0.1) is 0 Å². The van der Waals surface area contributed by atoms with Crippen LogP contribution in [0.1, 0.15) is 32.1 Å². The van der Waals surface area contributed by atoms with Gasteiger partial charge in [-0.3, -0.25) is 9.59 Å². The SMILES string of the molecule is N#CSCCCNC(=O)C1CCCCC(=O)N1. The number of hydrogen-bond donors (Lipinski definition) is 2. The first-order valence-corrected chi connectivity index (χ1v) is 6.80. The Morgan fingerprint density at radius 1 is 1.59 bits per heavy atom. The summed E-state index contributed by atoms with van der Waals surface area (Å²) in [5.41, 5.74) is 0. The van der Waals surface area contributed by atoms with Crippen LogP contribution in [0.5, 0.6) is 0 Å². The van der Waals surface area contributed by atoms with E-state index in [1.54, 1.807) is 0 Å². The Kier molecular flexibility index (Phi) is 6.48. The second-order valence-corrected chi connectivity index (χ2v) is 4.83. The highest BCUT2D eigenvalue weighted by Gasteiger charge is 2.22. The minimum atomic E-state index is -0.381. The molecule has 1 aliphatic heterocycles. The van der Waals surface area contributed by atoms with Crippen LogP contribution in [0.4, 0.5) is 0 Å². The minimum Gasteiger partial charge on any atom is -0.354 e. The van der Waals surface area contributed by atoms with Gasteiger partial charge in [0.2, 0.25) is 11.8 Å². The van der Waals surface area contributed by atoms with E-state index in [0.29, 0.717) is 25.1 Å². The third-order valence-electron chi connectivity index (χ3n) is 2.59. The van der Waals surface area contributed by atoms with E-state index in [0.717, 1.165) is 19.3 Å². The van der Waals surface area contributed by atoms with E-state index in [4.69, 9.17) is 5.26 Å². The second-order valence-electron chi connectivity index (χ2n) is 3.95. The molecule has 6 heteroatoms. The number of carbonyl (C=O) groups excluding carboxylic acids is 2. The highest BCUT2D eigenvalue weighted by molar-refractivity contribution is 8.03. The van der Waals surface area contributed by atoms with Gasteiger partial charge in [-0.15, -0.1) is 0 Å². The molecule has 1 aliphatic rings. The first-order chi connectivity index (χ1) is 8.24. The fourth-order valence-electron chi connectivity index (χ4n) is 1.69. The van der Waals surface area contributed by atoms with E-state index >= 15 is 0 Å². The van der Waals surface area contributed by atoms with Crippen molar-refractivity contribution in [3.05, 3.63) is 0 Å². The van der Waals surface area contributed by atoms with Crippen LogP contribution in [-0.4, -0.2) is 30.2 Å². The Morgan fingerprint density at radius 2 is 2.41 bits per heavy atom. The maximum absolute atomic E-state index is 11.7. The average Bonchev–Trinajstić information content (AvgIpc) is 2.53. The smallest absolute Gasteiger partial charge is 0.242 e. The van der Waals surface area contributed by atoms with Crippen LogP contribution < -0.4 is 10.6 Å². The van der Waals surface area contributed by atoms with Crippen LogP contribution in [0.3, 0.4) is 0 Å². The van der Waals surface area contributed by atoms with Crippen molar-refractivity contribution in [2.24, 2.45) is 0 Å². The molecule has 1 saturated heterocycles. The van der Waals surface area contributed by atoms with Gasteiger partial charge in [0.15, 0.2) is 0 Å². The zero-order valence-corrected chi connectivity index (χ0v) is 10.5. The molecule has 0 aliphatic carbocycles. The summed E-state index contributed by atoms with van der Waals surface area (Å²) >= 11 is 1.18. The molecule has 1 rings (SSSR count). The van der Waals surface area contributed by atoms with Gasteiger partial charge in [0, 0.05) is 18.7 Å². The molecule has 0 spiro atoms. The number of amides is 2. The van der Waals surface area contributed by atoms with Gasteiger partial charge < -0.3 is 10.6 Å². The van der Waals surface area contributed by atoms with Gasteiger partial charge >= 0.3 is 0 Å². The topological polar surface area (TPSA) is 82.0 Å². The van der Waals surface area contributed by atoms with Gasteiger partial charge in [-0.25, -0.2) is 0 Å². The van der Waals surface area contributed by atoms with Crippen molar-refractivity contribution >= 4 is 23.6 Å². The lowest BCUT2D eigenvalue weighted by atomic mass is 10.1. The Labute approximate surface area is 105 Å². The molecule has 0 radical (unpaired) electrons. The summed E-state index contributed by atoms with van der Waals surface area (Å²) in [5, 5.41) is 15.8. The number of nitriles is 1. The van der Waals surface area contributed by atoms with Crippen LogP contribution in [0, 0.1) is 10.7 Å². The molecule has 0 aromatic rings. The molecule has 1 atom stereocenters. The number of thiocyanates is 1. The largest absolute Gasteiger partial charge is 0.354 e. The molecule has 5 nitrogen and oxygen atoms in total. The summed E-state index contributed by atoms with van der Waals surface area (Å²) in [5.74, 6) is 0.568. The van der Waals surface area contributed by atoms with E-state index in [1.807, 2.05) is 5.40 Å². The summed E-state index contributed by atoms with van der Waals surface area (Å²) in [6, 6.07) is -0.381. The number of nitrogens with zero attached hydrogens (tertiary/aromatic N) is 1. The predicted molar refractivity (Wildman–Crippen MR) is 66.1 cm³/mol. The van der Waals surface area contributed by atoms with Gasteiger partial charge in [-0.2, -0.15) is 5.26 Å². The molecule has 0 aromatic carbocycles. The van der Waals surface area contributed by atoms with Crippen molar-refractivity contribution in [1.82, 2.24) is 10.6 Å². The zero-order chi connectivity index (χ0) is 12.5. The van der Waals surface area contributed by atoms with E-state index in [-0.39, 0.29) is 17.9 Å². The first-order valence-electron chi connectivity index (χ1n) is 5.82. The molecular weight excluding hydrogens is 238 g/mol. The predicted octanol–water partition coefficient (Wildman–Crippen LogP) is 0.766. The number of carbonyl (C=O) groups is 2. The molecule has 2 N–H and O–H groups in total. The maximum atomic E-state index is 11.7. The van der Waals surface area contributed by atoms with Gasteiger partial charge in [-0.1, -0.05) is 6.42 Å². The number of hydrogen-bond acceptors (Lipinski definition) is 4. The van der Waals surface area contributed by atoms with Crippen molar-refractivity contribution in [1.29, 1.82) is 5.26 Å². The van der Waals surface area contributed by atoms with E-state index in [2.05, 4.69) is 10.6 Å². The minimum absolute atomic E-state index is 0.0392. The third kappa shape index (κ3) is 5.59.